The van der Waals surface area contributed by atoms with Gasteiger partial charge in [0.2, 0.25) is 17.7 Å². The van der Waals surface area contributed by atoms with Crippen LogP contribution in [0.5, 0.6) is 0 Å². The van der Waals surface area contributed by atoms with Crippen molar-refractivity contribution >= 4 is 53.2 Å². The highest BCUT2D eigenvalue weighted by molar-refractivity contribution is 8.00. The van der Waals surface area contributed by atoms with E-state index in [-0.39, 0.29) is 86.5 Å². The number of aliphatic hydroxyl groups is 1. The van der Waals surface area contributed by atoms with Crippen LogP contribution in [0.2, 0.25) is 0 Å². The van der Waals surface area contributed by atoms with Gasteiger partial charge in [0.15, 0.2) is 5.78 Å². The number of hydrogen-bond acceptors (Lipinski definition) is 16. The van der Waals surface area contributed by atoms with E-state index in [2.05, 4.69) is 46.7 Å². The summed E-state index contributed by atoms with van der Waals surface area (Å²) in [5, 5.41) is 29.7. The van der Waals surface area contributed by atoms with Gasteiger partial charge >= 0.3 is 12.0 Å². The second-order valence-electron chi connectivity index (χ2n) is 24.9. The van der Waals surface area contributed by atoms with Crippen molar-refractivity contribution in [2.75, 3.05) is 84.7 Å². The van der Waals surface area contributed by atoms with E-state index in [1.54, 1.807) is 30.5 Å². The zero-order chi connectivity index (χ0) is 63.7. The van der Waals surface area contributed by atoms with E-state index < -0.39 is 41.7 Å². The van der Waals surface area contributed by atoms with Gasteiger partial charge < -0.3 is 56.0 Å². The van der Waals surface area contributed by atoms with Gasteiger partial charge in [0.25, 0.3) is 5.91 Å². The van der Waals surface area contributed by atoms with Crippen LogP contribution in [0, 0.1) is 5.92 Å². The van der Waals surface area contributed by atoms with Crippen molar-refractivity contribution in [2.45, 2.75) is 152 Å². The molecule has 488 valence electrons. The number of fused-ring (bicyclic) bond motifs is 2. The number of rotatable bonds is 37. The molecule has 0 bridgehead atoms. The number of aromatic nitrogens is 1. The molecule has 8 atom stereocenters. The Kier molecular flexibility index (Phi) is 27.4. The molecular formula is C68H93N9O12S. The minimum Gasteiger partial charge on any atom is -0.461 e. The lowest BCUT2D eigenvalue weighted by atomic mass is 9.91. The Morgan fingerprint density at radius 2 is 1.44 bits per heavy atom. The number of ether oxygens (including phenoxy) is 4. The molecule has 1 aromatic heterocycles. The van der Waals surface area contributed by atoms with E-state index in [0.717, 1.165) is 47.3 Å². The highest BCUT2D eigenvalue weighted by Gasteiger charge is 2.43. The van der Waals surface area contributed by atoms with Gasteiger partial charge in [0, 0.05) is 111 Å². The van der Waals surface area contributed by atoms with E-state index >= 15 is 0 Å². The number of benzene rings is 3. The molecule has 4 heterocycles. The third-order valence-corrected chi connectivity index (χ3v) is 18.2. The minimum absolute atomic E-state index is 0.00434. The Bertz CT molecular complexity index is 2940. The van der Waals surface area contributed by atoms with Gasteiger partial charge in [-0.25, -0.2) is 4.79 Å². The molecule has 3 fully saturated rings. The quantitative estimate of drug-likeness (QED) is 0.0120. The largest absolute Gasteiger partial charge is 0.461 e. The van der Waals surface area contributed by atoms with E-state index in [1.165, 1.54) is 0 Å². The summed E-state index contributed by atoms with van der Waals surface area (Å²) in [6.07, 6.45) is 8.06. The molecule has 4 aromatic rings. The van der Waals surface area contributed by atoms with Gasteiger partial charge in [-0.15, -0.1) is 0 Å². The minimum atomic E-state index is -0.867. The van der Waals surface area contributed by atoms with Gasteiger partial charge in [-0.3, -0.25) is 43.6 Å². The maximum atomic E-state index is 14.6. The average Bonchev–Trinajstić information content (AvgIpc) is 1.74. The summed E-state index contributed by atoms with van der Waals surface area (Å²) in [5.74, 6) is -0.907. The summed E-state index contributed by atoms with van der Waals surface area (Å²) in [5.41, 5.74) is 4.14. The predicted molar refractivity (Wildman–Crippen MR) is 344 cm³/mol. The van der Waals surface area contributed by atoms with Crippen molar-refractivity contribution in [1.82, 2.24) is 46.7 Å². The average molecular weight is 1260 g/mol. The first-order chi connectivity index (χ1) is 43.5. The molecule has 21 nitrogen and oxygen atoms in total. The fourth-order valence-electron chi connectivity index (χ4n) is 12.0. The van der Waals surface area contributed by atoms with Crippen LogP contribution in [-0.4, -0.2) is 187 Å². The second kappa shape index (κ2) is 35.7. The number of pyridine rings is 1. The molecule has 4 aliphatic rings. The monoisotopic (exact) mass is 1260 g/mol. The van der Waals surface area contributed by atoms with E-state index in [1.807, 2.05) is 105 Å². The van der Waals surface area contributed by atoms with Crippen LogP contribution in [0.15, 0.2) is 103 Å². The lowest BCUT2D eigenvalue weighted by Crippen LogP contribution is -2.62. The molecule has 3 aliphatic heterocycles. The van der Waals surface area contributed by atoms with Gasteiger partial charge in [-0.1, -0.05) is 85.6 Å². The van der Waals surface area contributed by atoms with Crippen molar-refractivity contribution < 1.29 is 57.6 Å². The molecule has 2 unspecified atom stereocenters. The molecule has 3 aromatic carbocycles. The van der Waals surface area contributed by atoms with Crippen LogP contribution >= 0.6 is 11.8 Å². The first-order valence-electron chi connectivity index (χ1n) is 32.1. The number of ketones is 1. The van der Waals surface area contributed by atoms with Crippen LogP contribution < -0.4 is 31.9 Å². The molecule has 22 heteroatoms. The second-order valence-corrected chi connectivity index (χ2v) is 26.2. The number of piperazine rings is 1. The van der Waals surface area contributed by atoms with Crippen LogP contribution in [-0.2, 0) is 57.5 Å². The number of unbranched alkanes of at least 4 members (excludes halogenated alkanes) is 3. The number of thioether (sulfide) groups is 1. The number of carbonyl (C=O) groups excluding carboxylic acids is 7. The Morgan fingerprint density at radius 1 is 0.756 bits per heavy atom. The topological polar surface area (TPSA) is 268 Å². The Balaban J connectivity index is 0.733. The predicted octanol–water partition coefficient (Wildman–Crippen LogP) is 5.87. The van der Waals surface area contributed by atoms with Crippen molar-refractivity contribution in [1.29, 1.82) is 0 Å². The molecule has 8 rings (SSSR count). The Morgan fingerprint density at radius 3 is 2.18 bits per heavy atom. The molecule has 0 spiro atoms. The first-order valence-corrected chi connectivity index (χ1v) is 33.2. The van der Waals surface area contributed by atoms with E-state index in [9.17, 15) is 38.7 Å². The maximum absolute atomic E-state index is 14.6. The molecular weight excluding hydrogens is 1170 g/mol. The number of aliphatic hydroxyl groups excluding tert-OH is 1. The summed E-state index contributed by atoms with van der Waals surface area (Å²) >= 11 is 1.88. The zero-order valence-corrected chi connectivity index (χ0v) is 53.3. The highest BCUT2D eigenvalue weighted by Crippen LogP contribution is 2.34. The molecule has 90 heavy (non-hydrogen) atoms. The molecule has 3 saturated heterocycles. The summed E-state index contributed by atoms with van der Waals surface area (Å²) in [6, 6.07) is 27.0. The van der Waals surface area contributed by atoms with Gasteiger partial charge in [-0.05, 0) is 106 Å². The standard InChI is InChI=1S/C68H93N9O12S/c1-68(2,3)75-66(84)57-45-76(43-48-17-14-28-69-42-48)31-32-77(57)44-53(40-52(39-47-15-6-4-7-16-47)65(83)72-55-41-51-18-10-11-19-54(51)63(55)81)89-61(80)23-9-5-8-20-58(78)49-24-26-50(27-25-49)64(82)71-30-34-87-36-38-88-37-35-86-33-29-70-60(79)22-13-12-21-59-62-56(46-90-59)73-67(85)74-62/h4,6-7,10-11,14-19,24-28,42,52-53,55-57,59,62-63,81H,5,8-9,12-13,20-23,29-41,43-46H2,1-3H3,(H,70,79)(H,71,82)(H,72,83)(H,75,84)(H2,73,74,85)/t52-,53-,55+,56?,57+,59+,62?,63-/m1/s1. The fourth-order valence-corrected chi connectivity index (χ4v) is 13.6. The number of Topliss-reactive ketones (excluding diaryl/α,β-unsaturated/α-hetero) is 1. The van der Waals surface area contributed by atoms with E-state index in [4.69, 9.17) is 18.9 Å². The van der Waals surface area contributed by atoms with Crippen LogP contribution in [0.25, 0.3) is 0 Å². The summed E-state index contributed by atoms with van der Waals surface area (Å²) in [6.45, 7) is 11.1. The van der Waals surface area contributed by atoms with Crippen molar-refractivity contribution in [3.63, 3.8) is 0 Å². The molecule has 7 N–H and O–H groups in total. The fraction of sp³-hybridized carbons (Fsp3) is 0.559. The summed E-state index contributed by atoms with van der Waals surface area (Å²) < 4.78 is 23.1. The molecule has 0 saturated carbocycles. The Hall–Kier alpha value is -6.79. The van der Waals surface area contributed by atoms with Gasteiger partial charge in [0.05, 0.1) is 63.9 Å². The number of carbonyl (C=O) groups is 7. The lowest BCUT2D eigenvalue weighted by molar-refractivity contribution is -0.153. The molecule has 6 amide bonds. The smallest absolute Gasteiger partial charge is 0.315 e. The first kappa shape index (κ1) is 69.1. The maximum Gasteiger partial charge on any atom is 0.315 e. The van der Waals surface area contributed by atoms with Crippen LogP contribution in [0.3, 0.4) is 0 Å². The number of esters is 1. The van der Waals surface area contributed by atoms with Crippen molar-refractivity contribution in [3.05, 3.63) is 137 Å². The highest BCUT2D eigenvalue weighted by atomic mass is 32.2. The summed E-state index contributed by atoms with van der Waals surface area (Å²) in [7, 11) is 0. The number of urea groups is 1. The SMILES string of the molecule is CC(C)(C)NC(=O)[C@@H]1CN(Cc2cccnc2)CCN1C[C@@H](C[C@@H](Cc1ccccc1)C(=O)N[C@H]1Cc2ccccc2[C@H]1O)OC(=O)CCCCCC(=O)c1ccc(C(=O)NCCOCCOCCOCCNC(=O)CCCC[C@@H]2SCC3NC(=O)NC32)cc1. The number of nitrogens with zero attached hydrogens (tertiary/aromatic N) is 3. The zero-order valence-electron chi connectivity index (χ0n) is 52.5. The van der Waals surface area contributed by atoms with Crippen molar-refractivity contribution in [3.8, 4) is 0 Å². The summed E-state index contributed by atoms with van der Waals surface area (Å²) in [4.78, 5) is 101. The van der Waals surface area contributed by atoms with Crippen LogP contribution in [0.1, 0.15) is 134 Å². The van der Waals surface area contributed by atoms with Crippen LogP contribution in [0.4, 0.5) is 4.79 Å². The molecule has 0 radical (unpaired) electrons. The van der Waals surface area contributed by atoms with E-state index in [0.29, 0.717) is 121 Å². The third kappa shape index (κ3) is 22.6. The number of hydrogen-bond donors (Lipinski definition) is 7. The lowest BCUT2D eigenvalue weighted by Gasteiger charge is -2.42. The molecule has 1 aliphatic carbocycles. The normalized spacial score (nSPS) is 20.4. The Labute approximate surface area is 534 Å². The number of amides is 6. The third-order valence-electron chi connectivity index (χ3n) is 16.7. The van der Waals surface area contributed by atoms with Gasteiger partial charge in [0.1, 0.15) is 12.1 Å². The van der Waals surface area contributed by atoms with Gasteiger partial charge in [-0.2, -0.15) is 11.8 Å². The van der Waals surface area contributed by atoms with Crippen molar-refractivity contribution in [2.24, 2.45) is 5.92 Å². The number of nitrogens with one attached hydrogen (secondary N) is 6.